The average Bonchev–Trinajstić information content (AvgIpc) is 2.74. The van der Waals surface area contributed by atoms with Crippen LogP contribution in [0.25, 0.3) is 0 Å². The number of benzene rings is 1. The number of aliphatic imine (C=N–C) groups is 1. The number of anilines is 1. The first-order chi connectivity index (χ1) is 9.90. The van der Waals surface area contributed by atoms with Gasteiger partial charge in [0.25, 0.3) is 0 Å². The van der Waals surface area contributed by atoms with E-state index in [0.29, 0.717) is 5.17 Å². The number of amidine groups is 1. The number of hydrogen-bond acceptors (Lipinski definition) is 4. The summed E-state index contributed by atoms with van der Waals surface area (Å²) < 4.78 is 0. The van der Waals surface area contributed by atoms with E-state index >= 15 is 0 Å². The summed E-state index contributed by atoms with van der Waals surface area (Å²) in [5, 5.41) is 5.72. The molecule has 0 aliphatic carbocycles. The predicted octanol–water partition coefficient (Wildman–Crippen LogP) is 2.58. The van der Waals surface area contributed by atoms with E-state index in [1.165, 1.54) is 11.8 Å². The summed E-state index contributed by atoms with van der Waals surface area (Å²) in [6.07, 6.45) is 0.141. The van der Waals surface area contributed by atoms with E-state index in [9.17, 15) is 9.59 Å². The Bertz CT molecular complexity index is 608. The molecule has 0 spiro atoms. The van der Waals surface area contributed by atoms with Crippen LogP contribution in [0.15, 0.2) is 17.1 Å². The van der Waals surface area contributed by atoms with Gasteiger partial charge in [0.1, 0.15) is 5.25 Å². The highest BCUT2D eigenvalue weighted by molar-refractivity contribution is 8.15. The molecule has 1 aromatic rings. The first-order valence-corrected chi connectivity index (χ1v) is 7.60. The molecule has 2 N–H and O–H groups in total. The maximum atomic E-state index is 12.2. The quantitative estimate of drug-likeness (QED) is 0.887. The number of hydrogen-bond donors (Lipinski definition) is 2. The van der Waals surface area contributed by atoms with E-state index in [-0.39, 0.29) is 30.6 Å². The molecule has 1 heterocycles. The van der Waals surface area contributed by atoms with E-state index < -0.39 is 5.25 Å². The Balaban J connectivity index is 0.00000242. The zero-order valence-electron chi connectivity index (χ0n) is 13.0. The van der Waals surface area contributed by atoms with Crippen LogP contribution >= 0.6 is 24.2 Å². The van der Waals surface area contributed by atoms with Crippen LogP contribution in [0, 0.1) is 20.8 Å². The Hall–Kier alpha value is -1.53. The number of nitrogens with one attached hydrogen (secondary N) is 2. The molecule has 2 rings (SSSR count). The molecule has 1 fully saturated rings. The Morgan fingerprint density at radius 2 is 1.91 bits per heavy atom. The lowest BCUT2D eigenvalue weighted by molar-refractivity contribution is -0.122. The van der Waals surface area contributed by atoms with Crippen LogP contribution in [0.1, 0.15) is 23.1 Å². The van der Waals surface area contributed by atoms with E-state index in [1.807, 2.05) is 32.9 Å². The van der Waals surface area contributed by atoms with Crippen molar-refractivity contribution in [3.8, 4) is 0 Å². The third kappa shape index (κ3) is 4.24. The standard InChI is InChI=1S/C15H19N3O2S.ClH/c1-8-5-9(2)13(10(3)6-8)17-12(19)7-11-14(20)18-15(16-4)21-11;/h5-6,11H,7H2,1-4H3,(H,17,19)(H,16,18,20);1H. The average molecular weight is 342 g/mol. The van der Waals surface area contributed by atoms with Crippen LogP contribution < -0.4 is 10.6 Å². The number of rotatable bonds is 3. The second-order valence-corrected chi connectivity index (χ2v) is 6.34. The van der Waals surface area contributed by atoms with Gasteiger partial charge in [0.05, 0.1) is 0 Å². The van der Waals surface area contributed by atoms with Gasteiger partial charge in [0.15, 0.2) is 5.17 Å². The summed E-state index contributed by atoms with van der Waals surface area (Å²) in [5.41, 5.74) is 4.05. The first kappa shape index (κ1) is 18.5. The fourth-order valence-electron chi connectivity index (χ4n) is 2.38. The molecule has 1 aliphatic rings. The van der Waals surface area contributed by atoms with Gasteiger partial charge < -0.3 is 10.6 Å². The van der Waals surface area contributed by atoms with E-state index in [2.05, 4.69) is 15.6 Å². The van der Waals surface area contributed by atoms with Gasteiger partial charge >= 0.3 is 0 Å². The van der Waals surface area contributed by atoms with Crippen molar-refractivity contribution in [1.82, 2.24) is 5.32 Å². The molecular formula is C15H20ClN3O2S. The summed E-state index contributed by atoms with van der Waals surface area (Å²) in [7, 11) is 1.62. The number of amides is 2. The molecule has 0 saturated carbocycles. The van der Waals surface area contributed by atoms with Gasteiger partial charge in [-0.2, -0.15) is 0 Å². The summed E-state index contributed by atoms with van der Waals surface area (Å²) in [6.45, 7) is 5.96. The third-order valence-corrected chi connectivity index (χ3v) is 4.46. The summed E-state index contributed by atoms with van der Waals surface area (Å²) >= 11 is 1.30. The highest BCUT2D eigenvalue weighted by atomic mass is 35.5. The molecule has 1 saturated heterocycles. The van der Waals surface area contributed by atoms with Crippen LogP contribution in [-0.4, -0.2) is 29.3 Å². The van der Waals surface area contributed by atoms with E-state index in [0.717, 1.165) is 22.4 Å². The van der Waals surface area contributed by atoms with Crippen LogP contribution in [0.3, 0.4) is 0 Å². The zero-order valence-corrected chi connectivity index (χ0v) is 14.7. The van der Waals surface area contributed by atoms with Crippen LogP contribution in [0.5, 0.6) is 0 Å². The second-order valence-electron chi connectivity index (χ2n) is 5.15. The lowest BCUT2D eigenvalue weighted by atomic mass is 10.0. The molecule has 0 aromatic heterocycles. The molecule has 1 aliphatic heterocycles. The molecular weight excluding hydrogens is 322 g/mol. The number of carbonyl (C=O) groups excluding carboxylic acids is 2. The molecule has 1 aromatic carbocycles. The Morgan fingerprint density at radius 1 is 1.32 bits per heavy atom. The van der Waals surface area contributed by atoms with Crippen molar-refractivity contribution < 1.29 is 9.59 Å². The minimum Gasteiger partial charge on any atom is -0.326 e. The fourth-order valence-corrected chi connectivity index (χ4v) is 3.32. The van der Waals surface area contributed by atoms with Crippen molar-refractivity contribution in [2.24, 2.45) is 4.99 Å². The molecule has 5 nitrogen and oxygen atoms in total. The fraction of sp³-hybridized carbons (Fsp3) is 0.400. The number of nitrogens with zero attached hydrogens (tertiary/aromatic N) is 1. The van der Waals surface area contributed by atoms with Crippen molar-refractivity contribution in [1.29, 1.82) is 0 Å². The molecule has 22 heavy (non-hydrogen) atoms. The van der Waals surface area contributed by atoms with Gasteiger partial charge in [-0.15, -0.1) is 12.4 Å². The molecule has 0 radical (unpaired) electrons. The Kier molecular flexibility index (Phi) is 6.44. The monoisotopic (exact) mass is 341 g/mol. The first-order valence-electron chi connectivity index (χ1n) is 6.72. The van der Waals surface area contributed by atoms with Gasteiger partial charge in [-0.25, -0.2) is 0 Å². The van der Waals surface area contributed by atoms with Gasteiger partial charge in [-0.3, -0.25) is 14.6 Å². The summed E-state index contributed by atoms with van der Waals surface area (Å²) in [6, 6.07) is 4.06. The predicted molar refractivity (Wildman–Crippen MR) is 94.0 cm³/mol. The van der Waals surface area contributed by atoms with Crippen molar-refractivity contribution in [3.05, 3.63) is 28.8 Å². The summed E-state index contributed by atoms with van der Waals surface area (Å²) in [4.78, 5) is 27.8. The number of carbonyl (C=O) groups is 2. The van der Waals surface area contributed by atoms with Crippen molar-refractivity contribution in [2.75, 3.05) is 12.4 Å². The Labute approximate surface area is 140 Å². The third-order valence-electron chi connectivity index (χ3n) is 3.29. The molecule has 1 atom stereocenters. The lowest BCUT2D eigenvalue weighted by Gasteiger charge is -2.13. The van der Waals surface area contributed by atoms with Gasteiger partial charge in [-0.05, 0) is 31.9 Å². The number of thioether (sulfide) groups is 1. The largest absolute Gasteiger partial charge is 0.326 e. The smallest absolute Gasteiger partial charge is 0.240 e. The van der Waals surface area contributed by atoms with Gasteiger partial charge in [0.2, 0.25) is 11.8 Å². The molecule has 2 amide bonds. The second kappa shape index (κ2) is 7.65. The maximum Gasteiger partial charge on any atom is 0.240 e. The number of aryl methyl sites for hydroxylation is 3. The SMILES string of the molecule is CN=C1NC(=O)C(CC(=O)Nc2c(C)cc(C)cc2C)S1.Cl. The molecule has 0 bridgehead atoms. The van der Waals surface area contributed by atoms with Crippen molar-refractivity contribution in [2.45, 2.75) is 32.4 Å². The van der Waals surface area contributed by atoms with Gasteiger partial charge in [0, 0.05) is 19.2 Å². The maximum absolute atomic E-state index is 12.2. The van der Waals surface area contributed by atoms with Crippen LogP contribution in [-0.2, 0) is 9.59 Å². The minimum absolute atomic E-state index is 0. The van der Waals surface area contributed by atoms with E-state index in [1.54, 1.807) is 7.05 Å². The van der Waals surface area contributed by atoms with Crippen molar-refractivity contribution in [3.63, 3.8) is 0 Å². The van der Waals surface area contributed by atoms with E-state index in [4.69, 9.17) is 0 Å². The Morgan fingerprint density at radius 3 is 2.41 bits per heavy atom. The summed E-state index contributed by atoms with van der Waals surface area (Å²) in [5.74, 6) is -0.317. The van der Waals surface area contributed by atoms with Crippen molar-refractivity contribution >= 4 is 46.8 Å². The topological polar surface area (TPSA) is 70.6 Å². The molecule has 1 unspecified atom stereocenters. The zero-order chi connectivity index (χ0) is 15.6. The normalized spacial score (nSPS) is 18.8. The number of halogens is 1. The minimum atomic E-state index is -0.408. The highest BCUT2D eigenvalue weighted by Crippen LogP contribution is 2.25. The molecule has 120 valence electrons. The molecule has 7 heteroatoms. The van der Waals surface area contributed by atoms with Crippen LogP contribution in [0.4, 0.5) is 5.69 Å². The lowest BCUT2D eigenvalue weighted by Crippen LogP contribution is -2.28. The highest BCUT2D eigenvalue weighted by Gasteiger charge is 2.31. The van der Waals surface area contributed by atoms with Gasteiger partial charge in [-0.1, -0.05) is 29.5 Å². The van der Waals surface area contributed by atoms with Crippen LogP contribution in [0.2, 0.25) is 0 Å².